The van der Waals surface area contributed by atoms with Crippen LogP contribution in [0.1, 0.15) is 19.3 Å². The summed E-state index contributed by atoms with van der Waals surface area (Å²) >= 11 is 0. The Bertz CT molecular complexity index is 152. The highest BCUT2D eigenvalue weighted by Gasteiger charge is 2.04. The van der Waals surface area contributed by atoms with E-state index in [0.717, 1.165) is 12.8 Å². The maximum Gasteiger partial charge on any atom is 0.273 e. The van der Waals surface area contributed by atoms with Crippen LogP contribution in [0.5, 0.6) is 0 Å². The van der Waals surface area contributed by atoms with Crippen LogP contribution >= 0.6 is 0 Å². The fraction of sp³-hybridized carbons (Fsp3) is 0.429. The minimum Gasteiger partial charge on any atom is -0.173 e. The highest BCUT2D eigenvalue weighted by Crippen LogP contribution is 2.20. The van der Waals surface area contributed by atoms with Crippen LogP contribution in [0, 0.1) is 0 Å². The molecule has 0 aromatic heterocycles. The molecule has 0 saturated carbocycles. The van der Waals surface area contributed by atoms with Gasteiger partial charge in [0.1, 0.15) is 0 Å². The summed E-state index contributed by atoms with van der Waals surface area (Å²) in [4.78, 5) is 0. The van der Waals surface area contributed by atoms with E-state index in [9.17, 15) is 8.78 Å². The fourth-order valence-corrected chi connectivity index (χ4v) is 0.877. The van der Waals surface area contributed by atoms with Crippen molar-refractivity contribution in [3.05, 3.63) is 23.8 Å². The first kappa shape index (κ1) is 6.46. The van der Waals surface area contributed by atoms with Gasteiger partial charge < -0.3 is 0 Å². The third kappa shape index (κ3) is 1.63. The molecule has 1 aliphatic carbocycles. The SMILES string of the molecule is FC(F)=C1C=CCCC1. The third-order valence-corrected chi connectivity index (χ3v) is 1.38. The quantitative estimate of drug-likeness (QED) is 0.473. The van der Waals surface area contributed by atoms with Gasteiger partial charge in [-0.25, -0.2) is 0 Å². The van der Waals surface area contributed by atoms with Crippen molar-refractivity contribution in [2.75, 3.05) is 0 Å². The first-order chi connectivity index (χ1) is 4.30. The zero-order valence-electron chi connectivity index (χ0n) is 5.03. The number of hydrogen-bond donors (Lipinski definition) is 0. The van der Waals surface area contributed by atoms with Crippen LogP contribution in [0.2, 0.25) is 0 Å². The zero-order valence-corrected chi connectivity index (χ0v) is 5.03. The molecule has 1 rings (SSSR count). The topological polar surface area (TPSA) is 0 Å². The van der Waals surface area contributed by atoms with Gasteiger partial charge in [-0.3, -0.25) is 0 Å². The second kappa shape index (κ2) is 2.76. The minimum atomic E-state index is -1.52. The summed E-state index contributed by atoms with van der Waals surface area (Å²) in [6.45, 7) is 0. The van der Waals surface area contributed by atoms with Gasteiger partial charge in [-0.2, -0.15) is 8.78 Å². The Morgan fingerprint density at radius 1 is 1.44 bits per heavy atom. The Hall–Kier alpha value is -0.660. The van der Waals surface area contributed by atoms with Crippen LogP contribution in [-0.2, 0) is 0 Å². The molecule has 0 fully saturated rings. The van der Waals surface area contributed by atoms with Crippen molar-refractivity contribution in [2.24, 2.45) is 0 Å². The van der Waals surface area contributed by atoms with Crippen molar-refractivity contribution >= 4 is 0 Å². The van der Waals surface area contributed by atoms with E-state index in [1.807, 2.05) is 0 Å². The molecule has 0 atom stereocenters. The number of rotatable bonds is 0. The second-order valence-electron chi connectivity index (χ2n) is 2.08. The number of allylic oxidation sites excluding steroid dienone is 3. The van der Waals surface area contributed by atoms with Gasteiger partial charge in [-0.1, -0.05) is 12.2 Å². The maximum absolute atomic E-state index is 11.7. The summed E-state index contributed by atoms with van der Waals surface area (Å²) in [6, 6.07) is 0. The van der Waals surface area contributed by atoms with Crippen LogP contribution in [0.15, 0.2) is 23.8 Å². The molecule has 0 bridgehead atoms. The molecule has 0 amide bonds. The van der Waals surface area contributed by atoms with Crippen LogP contribution in [0.3, 0.4) is 0 Å². The van der Waals surface area contributed by atoms with E-state index in [1.165, 1.54) is 6.08 Å². The van der Waals surface area contributed by atoms with Crippen LogP contribution in [0.25, 0.3) is 0 Å². The highest BCUT2D eigenvalue weighted by atomic mass is 19.3. The van der Waals surface area contributed by atoms with E-state index < -0.39 is 6.08 Å². The van der Waals surface area contributed by atoms with Gasteiger partial charge in [-0.05, 0) is 19.3 Å². The highest BCUT2D eigenvalue weighted by molar-refractivity contribution is 5.21. The van der Waals surface area contributed by atoms with Crippen molar-refractivity contribution < 1.29 is 8.78 Å². The monoisotopic (exact) mass is 130 g/mol. The molecule has 0 aliphatic heterocycles. The molecule has 0 unspecified atom stereocenters. The number of halogens is 2. The summed E-state index contributed by atoms with van der Waals surface area (Å²) < 4.78 is 23.5. The molecule has 0 radical (unpaired) electrons. The molecule has 0 N–H and O–H groups in total. The standard InChI is InChI=1S/C7H8F2/c8-7(9)6-4-2-1-3-5-6/h2,4H,1,3,5H2. The van der Waals surface area contributed by atoms with Gasteiger partial charge >= 0.3 is 0 Å². The third-order valence-electron chi connectivity index (χ3n) is 1.38. The van der Waals surface area contributed by atoms with Crippen molar-refractivity contribution in [1.29, 1.82) is 0 Å². The first-order valence-electron chi connectivity index (χ1n) is 3.01. The van der Waals surface area contributed by atoms with Crippen molar-refractivity contribution in [1.82, 2.24) is 0 Å². The van der Waals surface area contributed by atoms with Gasteiger partial charge in [0.2, 0.25) is 0 Å². The maximum atomic E-state index is 11.7. The number of hydrogen-bond acceptors (Lipinski definition) is 0. The van der Waals surface area contributed by atoms with Crippen molar-refractivity contribution in [3.63, 3.8) is 0 Å². The Morgan fingerprint density at radius 3 is 2.56 bits per heavy atom. The van der Waals surface area contributed by atoms with E-state index in [0.29, 0.717) is 6.42 Å². The van der Waals surface area contributed by atoms with E-state index in [4.69, 9.17) is 0 Å². The smallest absolute Gasteiger partial charge is 0.173 e. The van der Waals surface area contributed by atoms with E-state index in [1.54, 1.807) is 6.08 Å². The van der Waals surface area contributed by atoms with Crippen molar-refractivity contribution in [2.45, 2.75) is 19.3 Å². The normalized spacial score (nSPS) is 18.2. The lowest BCUT2D eigenvalue weighted by Gasteiger charge is -2.03. The molecule has 9 heavy (non-hydrogen) atoms. The van der Waals surface area contributed by atoms with Crippen molar-refractivity contribution in [3.8, 4) is 0 Å². The predicted molar refractivity (Wildman–Crippen MR) is 32.2 cm³/mol. The molecule has 1 aliphatic rings. The average molecular weight is 130 g/mol. The molecule has 2 heteroatoms. The Morgan fingerprint density at radius 2 is 2.22 bits per heavy atom. The molecule has 0 saturated heterocycles. The van der Waals surface area contributed by atoms with Crippen LogP contribution in [-0.4, -0.2) is 0 Å². The minimum absolute atomic E-state index is 0.209. The molecular formula is C7H8F2. The lowest BCUT2D eigenvalue weighted by atomic mass is 10.0. The molecule has 0 aromatic rings. The van der Waals surface area contributed by atoms with Gasteiger partial charge in [0.05, 0.1) is 0 Å². The van der Waals surface area contributed by atoms with E-state index in [-0.39, 0.29) is 5.57 Å². The summed E-state index contributed by atoms with van der Waals surface area (Å²) in [6.07, 6.45) is 4.13. The molecule has 0 heterocycles. The Labute approximate surface area is 52.9 Å². The van der Waals surface area contributed by atoms with E-state index >= 15 is 0 Å². The molecule has 0 spiro atoms. The fourth-order valence-electron chi connectivity index (χ4n) is 0.877. The summed E-state index contributed by atoms with van der Waals surface area (Å²) in [5, 5.41) is 0. The Kier molecular flexibility index (Phi) is 1.98. The average Bonchev–Trinajstić information content (AvgIpc) is 1.90. The summed E-state index contributed by atoms with van der Waals surface area (Å²) in [5.74, 6) is 0. The summed E-state index contributed by atoms with van der Waals surface area (Å²) in [7, 11) is 0. The van der Waals surface area contributed by atoms with Gasteiger partial charge in [0.15, 0.2) is 0 Å². The second-order valence-corrected chi connectivity index (χ2v) is 2.08. The lowest BCUT2D eigenvalue weighted by molar-refractivity contribution is 0.409. The molecule has 50 valence electrons. The van der Waals surface area contributed by atoms with E-state index in [2.05, 4.69) is 0 Å². The van der Waals surface area contributed by atoms with Gasteiger partial charge in [-0.15, -0.1) is 0 Å². The molecule has 0 nitrogen and oxygen atoms in total. The molecule has 0 aromatic carbocycles. The first-order valence-corrected chi connectivity index (χ1v) is 3.01. The predicted octanol–water partition coefficient (Wildman–Crippen LogP) is 2.88. The van der Waals surface area contributed by atoms with Crippen LogP contribution < -0.4 is 0 Å². The largest absolute Gasteiger partial charge is 0.273 e. The van der Waals surface area contributed by atoms with Gasteiger partial charge in [0.25, 0.3) is 6.08 Å². The lowest BCUT2D eigenvalue weighted by Crippen LogP contribution is -1.86. The Balaban J connectivity index is 2.71. The zero-order chi connectivity index (χ0) is 6.69. The van der Waals surface area contributed by atoms with Gasteiger partial charge in [0, 0.05) is 5.57 Å². The van der Waals surface area contributed by atoms with Crippen LogP contribution in [0.4, 0.5) is 8.78 Å². The summed E-state index contributed by atoms with van der Waals surface area (Å²) in [5.41, 5.74) is 0.209. The molecular weight excluding hydrogens is 122 g/mol.